The normalized spacial score (nSPS) is 13.7. The fraction of sp³-hybridized carbons (Fsp3) is 0.263. The van der Waals surface area contributed by atoms with Crippen LogP contribution < -0.4 is 25.8 Å². The van der Waals surface area contributed by atoms with Gasteiger partial charge in [0.25, 0.3) is 5.91 Å². The minimum absolute atomic E-state index is 0.115. The monoisotopic (exact) mass is 354 g/mol. The largest absolute Gasteiger partial charge is 0.490 e. The molecular formula is C19H22N4O3. The highest BCUT2D eigenvalue weighted by Crippen LogP contribution is 2.32. The molecule has 2 aromatic rings. The Morgan fingerprint density at radius 2 is 1.85 bits per heavy atom. The van der Waals surface area contributed by atoms with Crippen molar-refractivity contribution in [1.29, 1.82) is 0 Å². The first kappa shape index (κ1) is 17.6. The lowest BCUT2D eigenvalue weighted by atomic mass is 10.1. The summed E-state index contributed by atoms with van der Waals surface area (Å²) in [6, 6.07) is 12.8. The van der Waals surface area contributed by atoms with Crippen LogP contribution in [0, 0.1) is 0 Å². The van der Waals surface area contributed by atoms with E-state index in [2.05, 4.69) is 15.6 Å². The van der Waals surface area contributed by atoms with Crippen LogP contribution in [0.4, 0.5) is 5.69 Å². The number of rotatable bonds is 4. The predicted molar refractivity (Wildman–Crippen MR) is 101 cm³/mol. The first-order valence-electron chi connectivity index (χ1n) is 8.43. The lowest BCUT2D eigenvalue weighted by molar-refractivity contribution is 0.0963. The van der Waals surface area contributed by atoms with Crippen molar-refractivity contribution in [2.24, 2.45) is 10.7 Å². The zero-order valence-corrected chi connectivity index (χ0v) is 14.6. The molecule has 0 fully saturated rings. The fourth-order valence-corrected chi connectivity index (χ4v) is 2.51. The second-order valence-electron chi connectivity index (χ2n) is 5.81. The van der Waals surface area contributed by atoms with E-state index in [-0.39, 0.29) is 5.91 Å². The van der Waals surface area contributed by atoms with Gasteiger partial charge in [-0.2, -0.15) is 0 Å². The van der Waals surface area contributed by atoms with Crippen molar-refractivity contribution in [3.63, 3.8) is 0 Å². The molecule has 7 nitrogen and oxygen atoms in total. The van der Waals surface area contributed by atoms with Gasteiger partial charge in [0.1, 0.15) is 0 Å². The number of hydrogen-bond donors (Lipinski definition) is 3. The van der Waals surface area contributed by atoms with E-state index in [4.69, 9.17) is 15.2 Å². The Morgan fingerprint density at radius 1 is 1.12 bits per heavy atom. The molecule has 7 heteroatoms. The molecule has 0 bridgehead atoms. The van der Waals surface area contributed by atoms with Gasteiger partial charge in [0.15, 0.2) is 17.5 Å². The van der Waals surface area contributed by atoms with Crippen LogP contribution in [0.5, 0.6) is 11.5 Å². The van der Waals surface area contributed by atoms with Crippen molar-refractivity contribution >= 4 is 17.6 Å². The van der Waals surface area contributed by atoms with E-state index in [0.29, 0.717) is 37.0 Å². The number of nitrogens with one attached hydrogen (secondary N) is 2. The summed E-state index contributed by atoms with van der Waals surface area (Å²) in [6.07, 6.45) is 0.861. The maximum Gasteiger partial charge on any atom is 0.251 e. The van der Waals surface area contributed by atoms with Gasteiger partial charge in [-0.1, -0.05) is 12.1 Å². The van der Waals surface area contributed by atoms with E-state index in [9.17, 15) is 4.79 Å². The molecule has 0 aliphatic carbocycles. The number of guanidine groups is 1. The van der Waals surface area contributed by atoms with Crippen molar-refractivity contribution in [1.82, 2.24) is 5.32 Å². The number of carbonyl (C=O) groups is 1. The summed E-state index contributed by atoms with van der Waals surface area (Å²) in [7, 11) is 1.60. The fourth-order valence-electron chi connectivity index (χ4n) is 2.51. The average Bonchev–Trinajstić information content (AvgIpc) is 2.91. The third kappa shape index (κ3) is 4.44. The standard InChI is InChI=1S/C19H22N4O3/c1-21-18(24)14-5-3-13(4-6-14)12-22-19(20)23-15-7-8-16-17(11-15)26-10-2-9-25-16/h3-8,11H,2,9-10,12H2,1H3,(H,21,24)(H3,20,22,23). The van der Waals surface area contributed by atoms with E-state index in [1.54, 1.807) is 19.2 Å². The second kappa shape index (κ2) is 8.24. The van der Waals surface area contributed by atoms with Crippen molar-refractivity contribution in [2.45, 2.75) is 13.0 Å². The molecule has 1 amide bonds. The summed E-state index contributed by atoms with van der Waals surface area (Å²) in [5.74, 6) is 1.62. The number of hydrogen-bond acceptors (Lipinski definition) is 4. The van der Waals surface area contributed by atoms with Gasteiger partial charge in [-0.3, -0.25) is 4.79 Å². The summed E-state index contributed by atoms with van der Waals surface area (Å²) in [5.41, 5.74) is 8.31. The minimum atomic E-state index is -0.115. The Hall–Kier alpha value is -3.22. The smallest absolute Gasteiger partial charge is 0.251 e. The van der Waals surface area contributed by atoms with Gasteiger partial charge >= 0.3 is 0 Å². The predicted octanol–water partition coefficient (Wildman–Crippen LogP) is 2.13. The average molecular weight is 354 g/mol. The van der Waals surface area contributed by atoms with E-state index in [1.807, 2.05) is 30.3 Å². The quantitative estimate of drug-likeness (QED) is 0.577. The molecule has 1 heterocycles. The zero-order chi connectivity index (χ0) is 18.4. The van der Waals surface area contributed by atoms with Gasteiger partial charge in [0.05, 0.1) is 19.8 Å². The molecule has 4 N–H and O–H groups in total. The first-order chi connectivity index (χ1) is 12.7. The molecule has 136 valence electrons. The van der Waals surface area contributed by atoms with Gasteiger partial charge in [-0.05, 0) is 29.8 Å². The molecule has 26 heavy (non-hydrogen) atoms. The van der Waals surface area contributed by atoms with Gasteiger partial charge in [-0.15, -0.1) is 0 Å². The van der Waals surface area contributed by atoms with Gasteiger partial charge < -0.3 is 25.8 Å². The van der Waals surface area contributed by atoms with Crippen LogP contribution in [0.2, 0.25) is 0 Å². The highest BCUT2D eigenvalue weighted by molar-refractivity contribution is 5.94. The van der Waals surface area contributed by atoms with Crippen LogP contribution in [0.15, 0.2) is 47.5 Å². The van der Waals surface area contributed by atoms with E-state index >= 15 is 0 Å². The van der Waals surface area contributed by atoms with Crippen molar-refractivity contribution in [2.75, 3.05) is 25.6 Å². The van der Waals surface area contributed by atoms with Crippen molar-refractivity contribution in [3.8, 4) is 11.5 Å². The summed E-state index contributed by atoms with van der Waals surface area (Å²) in [5, 5.41) is 5.64. The maximum absolute atomic E-state index is 11.5. The zero-order valence-electron chi connectivity index (χ0n) is 14.6. The second-order valence-corrected chi connectivity index (χ2v) is 5.81. The maximum atomic E-state index is 11.5. The van der Waals surface area contributed by atoms with Crippen LogP contribution in [0.25, 0.3) is 0 Å². The summed E-state index contributed by atoms with van der Waals surface area (Å²) in [6.45, 7) is 1.70. The lowest BCUT2D eigenvalue weighted by Crippen LogP contribution is -2.22. The minimum Gasteiger partial charge on any atom is -0.490 e. The molecule has 0 atom stereocenters. The number of aliphatic imine (C=N–C) groups is 1. The molecule has 0 aromatic heterocycles. The molecule has 3 rings (SSSR count). The highest BCUT2D eigenvalue weighted by atomic mass is 16.5. The number of nitrogens with zero attached hydrogens (tertiary/aromatic N) is 1. The SMILES string of the molecule is CNC(=O)c1ccc(CN=C(N)Nc2ccc3c(c2)OCCCO3)cc1. The molecule has 2 aromatic carbocycles. The molecule has 0 spiro atoms. The van der Waals surface area contributed by atoms with Crippen molar-refractivity contribution < 1.29 is 14.3 Å². The molecule has 0 saturated carbocycles. The molecule has 0 radical (unpaired) electrons. The van der Waals surface area contributed by atoms with E-state index < -0.39 is 0 Å². The van der Waals surface area contributed by atoms with Gasteiger partial charge in [0, 0.05) is 30.8 Å². The third-order valence-corrected chi connectivity index (χ3v) is 3.90. The number of carbonyl (C=O) groups excluding carboxylic acids is 1. The summed E-state index contributed by atoms with van der Waals surface area (Å²) >= 11 is 0. The molecule has 1 aliphatic rings. The number of benzene rings is 2. The Labute approximate surface area is 152 Å². The molecule has 1 aliphatic heterocycles. The molecule has 0 unspecified atom stereocenters. The van der Waals surface area contributed by atoms with Crippen LogP contribution in [-0.4, -0.2) is 32.1 Å². The Bertz CT molecular complexity index is 803. The summed E-state index contributed by atoms with van der Waals surface area (Å²) < 4.78 is 11.3. The van der Waals surface area contributed by atoms with Crippen LogP contribution in [0.3, 0.4) is 0 Å². The Balaban J connectivity index is 1.61. The van der Waals surface area contributed by atoms with Crippen molar-refractivity contribution in [3.05, 3.63) is 53.6 Å². The van der Waals surface area contributed by atoms with Crippen LogP contribution >= 0.6 is 0 Å². The molecular weight excluding hydrogens is 332 g/mol. The number of ether oxygens (including phenoxy) is 2. The topological polar surface area (TPSA) is 98.0 Å². The van der Waals surface area contributed by atoms with Gasteiger partial charge in [0.2, 0.25) is 0 Å². The Morgan fingerprint density at radius 3 is 2.58 bits per heavy atom. The summed E-state index contributed by atoms with van der Waals surface area (Å²) in [4.78, 5) is 15.9. The van der Waals surface area contributed by atoms with E-state index in [1.165, 1.54) is 0 Å². The van der Waals surface area contributed by atoms with Crippen LogP contribution in [-0.2, 0) is 6.54 Å². The van der Waals surface area contributed by atoms with Gasteiger partial charge in [-0.25, -0.2) is 4.99 Å². The first-order valence-corrected chi connectivity index (χ1v) is 8.43. The number of fused-ring (bicyclic) bond motifs is 1. The number of nitrogens with two attached hydrogens (primary N) is 1. The lowest BCUT2D eigenvalue weighted by Gasteiger charge is -2.10. The van der Waals surface area contributed by atoms with E-state index in [0.717, 1.165) is 23.4 Å². The van der Waals surface area contributed by atoms with Crippen LogP contribution in [0.1, 0.15) is 22.3 Å². The third-order valence-electron chi connectivity index (χ3n) is 3.90. The Kier molecular flexibility index (Phi) is 5.58. The number of amides is 1. The molecule has 0 saturated heterocycles. The number of anilines is 1. The highest BCUT2D eigenvalue weighted by Gasteiger charge is 2.10.